The average Bonchev–Trinajstić information content (AvgIpc) is 3.26. The van der Waals surface area contributed by atoms with Crippen LogP contribution in [-0.2, 0) is 11.3 Å². The summed E-state index contributed by atoms with van der Waals surface area (Å²) in [7, 11) is 0. The number of thioether (sulfide) groups is 1. The average molecular weight is 492 g/mol. The van der Waals surface area contributed by atoms with Gasteiger partial charge in [-0.15, -0.1) is 10.2 Å². The van der Waals surface area contributed by atoms with Crippen molar-refractivity contribution in [3.63, 3.8) is 0 Å². The number of carbonyl (C=O) groups is 2. The standard InChI is InChI=1S/C27H33N5O2S/c1-19(2)26(34)28-22-14-12-21(13-15-22)25(33)20(3)35-27-30-29-24(18-31-16-8-5-9-17-31)32(27)23-10-6-4-7-11-23/h4,6-7,10-15,19-20H,5,8-9,16-18H2,1-3H3,(H,28,34). The number of aromatic nitrogens is 3. The van der Waals surface area contributed by atoms with E-state index in [0.29, 0.717) is 16.4 Å². The van der Waals surface area contributed by atoms with Crippen LogP contribution in [-0.4, -0.2) is 49.7 Å². The molecule has 0 bridgehead atoms. The van der Waals surface area contributed by atoms with Crippen LogP contribution < -0.4 is 5.32 Å². The first-order valence-corrected chi connectivity index (χ1v) is 13.1. The topological polar surface area (TPSA) is 80.1 Å². The van der Waals surface area contributed by atoms with Gasteiger partial charge in [-0.1, -0.05) is 50.2 Å². The van der Waals surface area contributed by atoms with E-state index in [0.717, 1.165) is 31.1 Å². The number of para-hydroxylation sites is 1. The van der Waals surface area contributed by atoms with Gasteiger partial charge in [0.25, 0.3) is 0 Å². The quantitative estimate of drug-likeness (QED) is 0.327. The van der Waals surface area contributed by atoms with E-state index in [1.807, 2.05) is 51.1 Å². The number of benzene rings is 2. The van der Waals surface area contributed by atoms with Crippen LogP contribution in [0.15, 0.2) is 59.8 Å². The van der Waals surface area contributed by atoms with E-state index >= 15 is 0 Å². The monoisotopic (exact) mass is 491 g/mol. The number of nitrogens with zero attached hydrogens (tertiary/aromatic N) is 4. The van der Waals surface area contributed by atoms with Crippen LogP contribution in [0.2, 0.25) is 0 Å². The van der Waals surface area contributed by atoms with Crippen molar-refractivity contribution in [2.75, 3.05) is 18.4 Å². The predicted octanol–water partition coefficient (Wildman–Crippen LogP) is 5.21. The SMILES string of the molecule is CC(C)C(=O)Nc1ccc(C(=O)C(C)Sc2nnc(CN3CCCCC3)n2-c2ccccc2)cc1. The highest BCUT2D eigenvalue weighted by Crippen LogP contribution is 2.28. The Bertz CT molecular complexity index is 1140. The molecule has 0 saturated carbocycles. The normalized spacial score (nSPS) is 15.2. The first-order valence-electron chi connectivity index (χ1n) is 12.3. The van der Waals surface area contributed by atoms with Crippen molar-refractivity contribution < 1.29 is 9.59 Å². The Labute approximate surface area is 211 Å². The molecule has 1 atom stereocenters. The highest BCUT2D eigenvalue weighted by Gasteiger charge is 2.23. The summed E-state index contributed by atoms with van der Waals surface area (Å²) in [4.78, 5) is 27.5. The van der Waals surface area contributed by atoms with Crippen LogP contribution >= 0.6 is 11.8 Å². The van der Waals surface area contributed by atoms with Gasteiger partial charge in [0.05, 0.1) is 11.8 Å². The number of amides is 1. The fraction of sp³-hybridized carbons (Fsp3) is 0.407. The van der Waals surface area contributed by atoms with Crippen LogP contribution in [0.25, 0.3) is 5.69 Å². The van der Waals surface area contributed by atoms with Crippen molar-refractivity contribution in [2.45, 2.75) is 57.0 Å². The van der Waals surface area contributed by atoms with Gasteiger partial charge in [0, 0.05) is 22.9 Å². The molecular formula is C27H33N5O2S. The lowest BCUT2D eigenvalue weighted by Gasteiger charge is -2.26. The van der Waals surface area contributed by atoms with Crippen molar-refractivity contribution >= 4 is 29.1 Å². The number of ketones is 1. The molecule has 0 spiro atoms. The largest absolute Gasteiger partial charge is 0.326 e. The fourth-order valence-corrected chi connectivity index (χ4v) is 5.05. The summed E-state index contributed by atoms with van der Waals surface area (Å²) in [5.74, 6) is 0.755. The summed E-state index contributed by atoms with van der Waals surface area (Å²) in [6.07, 6.45) is 3.72. The minimum atomic E-state index is -0.347. The zero-order chi connectivity index (χ0) is 24.8. The highest BCUT2D eigenvalue weighted by molar-refractivity contribution is 8.00. The molecule has 1 amide bonds. The first kappa shape index (κ1) is 25.1. The van der Waals surface area contributed by atoms with E-state index in [4.69, 9.17) is 0 Å². The summed E-state index contributed by atoms with van der Waals surface area (Å²) in [5.41, 5.74) is 2.29. The number of Topliss-reactive ketones (excluding diaryl/α,β-unsaturated/α-hetero) is 1. The lowest BCUT2D eigenvalue weighted by atomic mass is 10.1. The van der Waals surface area contributed by atoms with Crippen molar-refractivity contribution in [1.82, 2.24) is 19.7 Å². The molecule has 1 saturated heterocycles. The number of hydrogen-bond donors (Lipinski definition) is 1. The maximum atomic E-state index is 13.2. The number of likely N-dealkylation sites (tertiary alicyclic amines) is 1. The minimum Gasteiger partial charge on any atom is -0.326 e. The minimum absolute atomic E-state index is 0.0110. The van der Waals surface area contributed by atoms with Crippen molar-refractivity contribution in [3.05, 3.63) is 66.0 Å². The van der Waals surface area contributed by atoms with Crippen molar-refractivity contribution in [3.8, 4) is 5.69 Å². The van der Waals surface area contributed by atoms with Crippen molar-refractivity contribution in [1.29, 1.82) is 0 Å². The molecule has 1 aliphatic heterocycles. The van der Waals surface area contributed by atoms with Gasteiger partial charge in [-0.2, -0.15) is 0 Å². The first-order chi connectivity index (χ1) is 16.9. The maximum absolute atomic E-state index is 13.2. The number of hydrogen-bond acceptors (Lipinski definition) is 6. The second-order valence-electron chi connectivity index (χ2n) is 9.25. The predicted molar refractivity (Wildman–Crippen MR) is 140 cm³/mol. The second kappa shape index (κ2) is 11.6. The molecule has 0 aliphatic carbocycles. The van der Waals surface area contributed by atoms with Gasteiger partial charge in [-0.05, 0) is 69.3 Å². The number of nitrogens with one attached hydrogen (secondary N) is 1. The van der Waals surface area contributed by atoms with Crippen molar-refractivity contribution in [2.24, 2.45) is 5.92 Å². The molecule has 1 unspecified atom stereocenters. The third kappa shape index (κ3) is 6.38. The lowest BCUT2D eigenvalue weighted by molar-refractivity contribution is -0.118. The summed E-state index contributed by atoms with van der Waals surface area (Å²) >= 11 is 1.42. The molecule has 3 aromatic rings. The van der Waals surface area contributed by atoms with Gasteiger partial charge >= 0.3 is 0 Å². The summed E-state index contributed by atoms with van der Waals surface area (Å²) < 4.78 is 2.08. The molecule has 7 nitrogen and oxygen atoms in total. The number of piperidine rings is 1. The molecular weight excluding hydrogens is 458 g/mol. The highest BCUT2D eigenvalue weighted by atomic mass is 32.2. The molecule has 0 radical (unpaired) electrons. The van der Waals surface area contributed by atoms with Gasteiger partial charge in [0.2, 0.25) is 5.91 Å². The van der Waals surface area contributed by atoms with Gasteiger partial charge in [-0.25, -0.2) is 0 Å². The molecule has 184 valence electrons. The van der Waals surface area contributed by atoms with Crippen LogP contribution in [0.5, 0.6) is 0 Å². The van der Waals surface area contributed by atoms with E-state index in [2.05, 4.69) is 25.0 Å². The third-order valence-electron chi connectivity index (χ3n) is 6.14. The number of rotatable bonds is 9. The molecule has 2 aromatic carbocycles. The van der Waals surface area contributed by atoms with Gasteiger partial charge in [-0.3, -0.25) is 19.1 Å². The summed E-state index contributed by atoms with van der Waals surface area (Å²) in [5, 5.41) is 12.2. The van der Waals surface area contributed by atoms with Gasteiger partial charge < -0.3 is 5.32 Å². The molecule has 2 heterocycles. The Morgan fingerprint density at radius 3 is 2.29 bits per heavy atom. The molecule has 8 heteroatoms. The molecule has 1 N–H and O–H groups in total. The lowest BCUT2D eigenvalue weighted by Crippen LogP contribution is -2.30. The Hall–Kier alpha value is -2.97. The zero-order valence-corrected chi connectivity index (χ0v) is 21.4. The Balaban J connectivity index is 1.50. The molecule has 4 rings (SSSR count). The zero-order valence-electron chi connectivity index (χ0n) is 20.6. The molecule has 1 fully saturated rings. The van der Waals surface area contributed by atoms with Gasteiger partial charge in [0.15, 0.2) is 16.8 Å². The Kier molecular flexibility index (Phi) is 8.36. The molecule has 1 aromatic heterocycles. The van der Waals surface area contributed by atoms with E-state index in [1.54, 1.807) is 24.3 Å². The van der Waals surface area contributed by atoms with E-state index in [1.165, 1.54) is 31.0 Å². The smallest absolute Gasteiger partial charge is 0.226 e. The van der Waals surface area contributed by atoms with E-state index in [-0.39, 0.29) is 22.9 Å². The molecule has 35 heavy (non-hydrogen) atoms. The fourth-order valence-electron chi connectivity index (χ4n) is 4.08. The number of anilines is 1. The van der Waals surface area contributed by atoms with Gasteiger partial charge in [0.1, 0.15) is 0 Å². The third-order valence-corrected chi connectivity index (χ3v) is 7.18. The van der Waals surface area contributed by atoms with Crippen LogP contribution in [0.1, 0.15) is 56.2 Å². The summed E-state index contributed by atoms with van der Waals surface area (Å²) in [6, 6.07) is 17.2. The summed E-state index contributed by atoms with van der Waals surface area (Å²) in [6.45, 7) is 8.49. The molecule has 1 aliphatic rings. The van der Waals surface area contributed by atoms with Crippen LogP contribution in [0, 0.1) is 5.92 Å². The Morgan fingerprint density at radius 2 is 1.63 bits per heavy atom. The van der Waals surface area contributed by atoms with E-state index < -0.39 is 0 Å². The second-order valence-corrected chi connectivity index (χ2v) is 10.6. The number of carbonyl (C=O) groups excluding carboxylic acids is 2. The Morgan fingerprint density at radius 1 is 0.943 bits per heavy atom. The van der Waals surface area contributed by atoms with Crippen LogP contribution in [0.3, 0.4) is 0 Å². The maximum Gasteiger partial charge on any atom is 0.226 e. The van der Waals surface area contributed by atoms with E-state index in [9.17, 15) is 9.59 Å². The van der Waals surface area contributed by atoms with Crippen LogP contribution in [0.4, 0.5) is 5.69 Å².